The number of aromatic nitrogens is 1. The van der Waals surface area contributed by atoms with Crippen molar-refractivity contribution in [2.45, 2.75) is 12.8 Å². The largest absolute Gasteiger partial charge is 0.497 e. The molecule has 3 rings (SSSR count). The summed E-state index contributed by atoms with van der Waals surface area (Å²) in [7, 11) is 3.11. The minimum atomic E-state index is -0.809. The van der Waals surface area contributed by atoms with Crippen LogP contribution < -0.4 is 14.4 Å². The molecule has 1 aromatic heterocycles. The molecule has 0 radical (unpaired) electrons. The van der Waals surface area contributed by atoms with Gasteiger partial charge in [0, 0.05) is 30.7 Å². The van der Waals surface area contributed by atoms with Gasteiger partial charge in [0.2, 0.25) is 0 Å². The minimum absolute atomic E-state index is 0.364. The Bertz CT molecular complexity index is 860. The fraction of sp³-hybridized carbons (Fsp3) is 0.389. The molecule has 2 heterocycles. The van der Waals surface area contributed by atoms with Gasteiger partial charge in [0.15, 0.2) is 0 Å². The molecule has 0 spiro atoms. The molecule has 0 aliphatic carbocycles. The van der Waals surface area contributed by atoms with Crippen LogP contribution in [-0.2, 0) is 4.79 Å². The average molecular weight is 341 g/mol. The van der Waals surface area contributed by atoms with E-state index in [0.717, 1.165) is 11.8 Å². The van der Waals surface area contributed by atoms with Crippen molar-refractivity contribution >= 4 is 22.6 Å². The third-order valence-electron chi connectivity index (χ3n) is 4.54. The molecule has 130 valence electrons. The Morgan fingerprint density at radius 2 is 2.20 bits per heavy atom. The van der Waals surface area contributed by atoms with E-state index in [0.29, 0.717) is 47.8 Å². The van der Waals surface area contributed by atoms with Crippen molar-refractivity contribution in [3.8, 4) is 17.6 Å². The number of hydrogen-bond acceptors (Lipinski definition) is 6. The van der Waals surface area contributed by atoms with Gasteiger partial charge >= 0.3 is 5.97 Å². The molecule has 0 saturated carbocycles. The first-order valence-corrected chi connectivity index (χ1v) is 8.01. The van der Waals surface area contributed by atoms with Crippen LogP contribution in [0.1, 0.15) is 18.4 Å². The Hall–Kier alpha value is -3.01. The smallest absolute Gasteiger partial charge is 0.308 e. The van der Waals surface area contributed by atoms with Gasteiger partial charge in [-0.25, -0.2) is 0 Å². The van der Waals surface area contributed by atoms with Crippen LogP contribution in [0.25, 0.3) is 10.9 Å². The summed E-state index contributed by atoms with van der Waals surface area (Å²) in [5, 5.41) is 19.6. The summed E-state index contributed by atoms with van der Waals surface area (Å²) in [5.74, 6) is -0.117. The van der Waals surface area contributed by atoms with E-state index in [-0.39, 0.29) is 0 Å². The predicted molar refractivity (Wildman–Crippen MR) is 92.1 cm³/mol. The van der Waals surface area contributed by atoms with Crippen LogP contribution in [-0.4, -0.2) is 43.4 Å². The lowest BCUT2D eigenvalue weighted by Gasteiger charge is -2.33. The second kappa shape index (κ2) is 6.85. The number of carboxylic acids is 1. The number of nitrogens with zero attached hydrogens (tertiary/aromatic N) is 3. The Kier molecular flexibility index (Phi) is 4.61. The number of piperidine rings is 1. The van der Waals surface area contributed by atoms with Crippen LogP contribution in [0.4, 0.5) is 5.69 Å². The predicted octanol–water partition coefficient (Wildman–Crippen LogP) is 2.42. The van der Waals surface area contributed by atoms with Crippen LogP contribution in [0.15, 0.2) is 18.3 Å². The first-order chi connectivity index (χ1) is 12.1. The Balaban J connectivity index is 2.21. The molecule has 1 fully saturated rings. The summed E-state index contributed by atoms with van der Waals surface area (Å²) in [4.78, 5) is 17.7. The van der Waals surface area contributed by atoms with Crippen LogP contribution in [0.5, 0.6) is 11.5 Å². The average Bonchev–Trinajstić information content (AvgIpc) is 2.65. The number of carboxylic acid groups (broad SMARTS) is 1. The molecule has 2 aromatic rings. The van der Waals surface area contributed by atoms with E-state index in [1.54, 1.807) is 20.3 Å². The summed E-state index contributed by atoms with van der Waals surface area (Å²) >= 11 is 0. The summed E-state index contributed by atoms with van der Waals surface area (Å²) in [6.45, 7) is 1.06. The van der Waals surface area contributed by atoms with E-state index in [1.807, 2.05) is 11.0 Å². The topological polar surface area (TPSA) is 95.7 Å². The molecule has 7 heteroatoms. The number of aliphatic carboxylic acids is 1. The Morgan fingerprint density at radius 1 is 1.40 bits per heavy atom. The van der Waals surface area contributed by atoms with Gasteiger partial charge in [-0.2, -0.15) is 5.26 Å². The molecule has 1 unspecified atom stereocenters. The number of carbonyl (C=O) groups is 1. The van der Waals surface area contributed by atoms with Gasteiger partial charge < -0.3 is 19.5 Å². The van der Waals surface area contributed by atoms with Gasteiger partial charge in [0.05, 0.1) is 31.4 Å². The van der Waals surface area contributed by atoms with E-state index in [9.17, 15) is 15.2 Å². The van der Waals surface area contributed by atoms with Gasteiger partial charge in [-0.3, -0.25) is 9.78 Å². The monoisotopic (exact) mass is 341 g/mol. The highest BCUT2D eigenvalue weighted by molar-refractivity contribution is 5.98. The number of hydrogen-bond donors (Lipinski definition) is 1. The van der Waals surface area contributed by atoms with Crippen molar-refractivity contribution in [1.82, 2.24) is 4.98 Å². The Morgan fingerprint density at radius 3 is 2.84 bits per heavy atom. The Labute approximate surface area is 145 Å². The van der Waals surface area contributed by atoms with Crippen LogP contribution in [0.2, 0.25) is 0 Å². The highest BCUT2D eigenvalue weighted by Crippen LogP contribution is 2.38. The molecule has 1 aliphatic rings. The lowest BCUT2D eigenvalue weighted by atomic mass is 9.96. The molecule has 1 aliphatic heterocycles. The molecule has 1 aromatic carbocycles. The zero-order valence-corrected chi connectivity index (χ0v) is 14.2. The van der Waals surface area contributed by atoms with Crippen LogP contribution in [0, 0.1) is 17.2 Å². The molecule has 1 atom stereocenters. The summed E-state index contributed by atoms with van der Waals surface area (Å²) in [5.41, 5.74) is 1.72. The van der Waals surface area contributed by atoms with Gasteiger partial charge in [-0.15, -0.1) is 0 Å². The van der Waals surface area contributed by atoms with Crippen LogP contribution >= 0.6 is 0 Å². The number of fused-ring (bicyclic) bond motifs is 1. The maximum Gasteiger partial charge on any atom is 0.308 e. The van der Waals surface area contributed by atoms with Crippen LogP contribution in [0.3, 0.4) is 0 Å². The van der Waals surface area contributed by atoms with Gasteiger partial charge in [0.1, 0.15) is 23.1 Å². The van der Waals surface area contributed by atoms with E-state index >= 15 is 0 Å². The van der Waals surface area contributed by atoms with E-state index in [2.05, 4.69) is 11.1 Å². The van der Waals surface area contributed by atoms with E-state index < -0.39 is 11.9 Å². The summed E-state index contributed by atoms with van der Waals surface area (Å²) < 4.78 is 10.7. The molecule has 1 N–H and O–H groups in total. The summed E-state index contributed by atoms with van der Waals surface area (Å²) in [6.07, 6.45) is 2.91. The lowest BCUT2D eigenvalue weighted by Crippen LogP contribution is -2.39. The first-order valence-electron chi connectivity index (χ1n) is 8.01. The summed E-state index contributed by atoms with van der Waals surface area (Å²) in [6, 6.07) is 5.72. The van der Waals surface area contributed by atoms with Crippen molar-refractivity contribution in [2.75, 3.05) is 32.2 Å². The zero-order chi connectivity index (χ0) is 18.0. The third kappa shape index (κ3) is 3.03. The standard InChI is InChI=1S/C18H19N3O4/c1-24-13-6-14-16(15(7-13)25-2)20-9-12(8-19)17(14)21-5-3-4-11(10-21)18(22)23/h6-7,9,11H,3-5,10H2,1-2H3,(H,22,23). The number of nitriles is 1. The van der Waals surface area contributed by atoms with Crippen molar-refractivity contribution in [2.24, 2.45) is 5.92 Å². The SMILES string of the molecule is COc1cc(OC)c2ncc(C#N)c(N3CCCC(C(=O)O)C3)c2c1. The number of anilines is 1. The van der Waals surface area contributed by atoms with E-state index in [1.165, 1.54) is 6.20 Å². The maximum absolute atomic E-state index is 11.4. The van der Waals surface area contributed by atoms with E-state index in [4.69, 9.17) is 9.47 Å². The minimum Gasteiger partial charge on any atom is -0.497 e. The van der Waals surface area contributed by atoms with Crippen molar-refractivity contribution in [3.05, 3.63) is 23.9 Å². The highest BCUT2D eigenvalue weighted by atomic mass is 16.5. The number of rotatable bonds is 4. The number of benzene rings is 1. The van der Waals surface area contributed by atoms with Crippen molar-refractivity contribution in [1.29, 1.82) is 5.26 Å². The quantitative estimate of drug-likeness (QED) is 0.912. The molecule has 7 nitrogen and oxygen atoms in total. The van der Waals surface area contributed by atoms with Gasteiger partial charge in [-0.1, -0.05) is 0 Å². The second-order valence-corrected chi connectivity index (χ2v) is 5.98. The van der Waals surface area contributed by atoms with Gasteiger partial charge in [-0.05, 0) is 18.9 Å². The fourth-order valence-corrected chi connectivity index (χ4v) is 3.31. The van der Waals surface area contributed by atoms with Gasteiger partial charge in [0.25, 0.3) is 0 Å². The lowest BCUT2D eigenvalue weighted by molar-refractivity contribution is -0.141. The number of pyridine rings is 1. The molecule has 1 saturated heterocycles. The van der Waals surface area contributed by atoms with Crippen molar-refractivity contribution in [3.63, 3.8) is 0 Å². The number of methoxy groups -OCH3 is 2. The number of ether oxygens (including phenoxy) is 2. The molecular formula is C18H19N3O4. The zero-order valence-electron chi connectivity index (χ0n) is 14.2. The highest BCUT2D eigenvalue weighted by Gasteiger charge is 2.28. The molecular weight excluding hydrogens is 322 g/mol. The second-order valence-electron chi connectivity index (χ2n) is 5.98. The third-order valence-corrected chi connectivity index (χ3v) is 4.54. The molecule has 0 amide bonds. The maximum atomic E-state index is 11.4. The molecule has 0 bridgehead atoms. The molecule has 25 heavy (non-hydrogen) atoms. The normalized spacial score (nSPS) is 17.2. The first kappa shape index (κ1) is 16.8. The van der Waals surface area contributed by atoms with Crippen molar-refractivity contribution < 1.29 is 19.4 Å². The fourth-order valence-electron chi connectivity index (χ4n) is 3.31.